The molecule has 7 nitrogen and oxygen atoms in total. The molecular weight excluding hydrogens is 368 g/mol. The summed E-state index contributed by atoms with van der Waals surface area (Å²) in [7, 11) is 3.04. The molecule has 0 unspecified atom stereocenters. The summed E-state index contributed by atoms with van der Waals surface area (Å²) in [6.45, 7) is 3.10. The van der Waals surface area contributed by atoms with Gasteiger partial charge in [0, 0.05) is 30.4 Å². The number of hydrogen-bond donors (Lipinski definition) is 1. The van der Waals surface area contributed by atoms with Gasteiger partial charge in [0.1, 0.15) is 5.69 Å². The van der Waals surface area contributed by atoms with Gasteiger partial charge in [0.2, 0.25) is 5.95 Å². The number of anilines is 1. The standard InChI is InChI=1S/C19H21F2N5O2/c1-4-26-11-12(10-23-26)9-22-19-24-14(8-15(25-19)18(20)21)13-5-6-16(27-2)17(7-13)28-3/h5-8,10-11,18H,4,9H2,1-3H3,(H,22,24,25). The number of aromatic nitrogens is 4. The van der Waals surface area contributed by atoms with Crippen LogP contribution >= 0.6 is 0 Å². The second kappa shape index (κ2) is 8.64. The molecule has 0 radical (unpaired) electrons. The monoisotopic (exact) mass is 389 g/mol. The molecule has 1 N–H and O–H groups in total. The minimum Gasteiger partial charge on any atom is -0.493 e. The number of aryl methyl sites for hydroxylation is 1. The van der Waals surface area contributed by atoms with E-state index < -0.39 is 6.43 Å². The van der Waals surface area contributed by atoms with Gasteiger partial charge >= 0.3 is 0 Å². The predicted molar refractivity (Wildman–Crippen MR) is 101 cm³/mol. The van der Waals surface area contributed by atoms with Crippen LogP contribution in [0.4, 0.5) is 14.7 Å². The fourth-order valence-corrected chi connectivity index (χ4v) is 2.65. The van der Waals surface area contributed by atoms with E-state index in [1.165, 1.54) is 20.3 Å². The summed E-state index contributed by atoms with van der Waals surface area (Å²) < 4.78 is 39.0. The van der Waals surface area contributed by atoms with Crippen molar-refractivity contribution < 1.29 is 18.3 Å². The van der Waals surface area contributed by atoms with Gasteiger partial charge in [0.05, 0.1) is 26.1 Å². The van der Waals surface area contributed by atoms with Gasteiger partial charge in [-0.1, -0.05) is 0 Å². The molecule has 2 aromatic heterocycles. The molecule has 28 heavy (non-hydrogen) atoms. The molecule has 148 valence electrons. The molecule has 0 aliphatic carbocycles. The molecule has 9 heteroatoms. The van der Waals surface area contributed by atoms with Crippen LogP contribution in [0.3, 0.4) is 0 Å². The first-order valence-electron chi connectivity index (χ1n) is 8.68. The SMILES string of the molecule is CCn1cc(CNc2nc(-c3ccc(OC)c(OC)c3)cc(C(F)F)n2)cn1. The minimum absolute atomic E-state index is 0.117. The van der Waals surface area contributed by atoms with Crippen LogP contribution < -0.4 is 14.8 Å². The lowest BCUT2D eigenvalue weighted by molar-refractivity contribution is 0.146. The topological polar surface area (TPSA) is 74.1 Å². The highest BCUT2D eigenvalue weighted by atomic mass is 19.3. The maximum Gasteiger partial charge on any atom is 0.280 e. The van der Waals surface area contributed by atoms with E-state index in [1.807, 2.05) is 13.1 Å². The number of ether oxygens (including phenoxy) is 2. The molecule has 0 saturated heterocycles. The Morgan fingerprint density at radius 3 is 2.54 bits per heavy atom. The third-order valence-corrected chi connectivity index (χ3v) is 4.11. The first-order chi connectivity index (χ1) is 13.5. The zero-order valence-electron chi connectivity index (χ0n) is 15.8. The summed E-state index contributed by atoms with van der Waals surface area (Å²) in [4.78, 5) is 8.30. The molecule has 0 atom stereocenters. The maximum absolute atomic E-state index is 13.3. The van der Waals surface area contributed by atoms with E-state index in [0.29, 0.717) is 29.3 Å². The van der Waals surface area contributed by atoms with E-state index in [0.717, 1.165) is 12.1 Å². The largest absolute Gasteiger partial charge is 0.493 e. The van der Waals surface area contributed by atoms with Gasteiger partial charge in [-0.05, 0) is 31.2 Å². The Balaban J connectivity index is 1.91. The van der Waals surface area contributed by atoms with Crippen LogP contribution in [0, 0.1) is 0 Å². The average molecular weight is 389 g/mol. The number of halogens is 2. The molecule has 1 aromatic carbocycles. The van der Waals surface area contributed by atoms with Crippen LogP contribution in [0.1, 0.15) is 24.6 Å². The van der Waals surface area contributed by atoms with Gasteiger partial charge < -0.3 is 14.8 Å². The van der Waals surface area contributed by atoms with Crippen molar-refractivity contribution in [1.29, 1.82) is 0 Å². The lowest BCUT2D eigenvalue weighted by atomic mass is 10.1. The quantitative estimate of drug-likeness (QED) is 0.629. The van der Waals surface area contributed by atoms with Gasteiger partial charge in [0.25, 0.3) is 6.43 Å². The van der Waals surface area contributed by atoms with E-state index in [4.69, 9.17) is 9.47 Å². The second-order valence-electron chi connectivity index (χ2n) is 5.93. The van der Waals surface area contributed by atoms with Crippen LogP contribution in [0.2, 0.25) is 0 Å². The molecule has 3 aromatic rings. The fourth-order valence-electron chi connectivity index (χ4n) is 2.65. The van der Waals surface area contributed by atoms with Crippen LogP contribution in [0.15, 0.2) is 36.7 Å². The smallest absolute Gasteiger partial charge is 0.280 e. The fraction of sp³-hybridized carbons (Fsp3) is 0.316. The Morgan fingerprint density at radius 2 is 1.89 bits per heavy atom. The Bertz CT molecular complexity index is 946. The Kier molecular flexibility index (Phi) is 6.03. The molecule has 0 fully saturated rings. The summed E-state index contributed by atoms with van der Waals surface area (Å²) in [6, 6.07) is 6.39. The van der Waals surface area contributed by atoms with Crippen molar-refractivity contribution in [3.05, 3.63) is 47.9 Å². The highest BCUT2D eigenvalue weighted by molar-refractivity contribution is 5.65. The zero-order chi connectivity index (χ0) is 20.1. The molecule has 0 spiro atoms. The van der Waals surface area contributed by atoms with Gasteiger partial charge in [-0.3, -0.25) is 4.68 Å². The van der Waals surface area contributed by atoms with Crippen molar-refractivity contribution in [1.82, 2.24) is 19.7 Å². The van der Waals surface area contributed by atoms with Crippen molar-refractivity contribution in [2.24, 2.45) is 0 Å². The molecule has 3 rings (SSSR count). The summed E-state index contributed by atoms with van der Waals surface area (Å²) in [5.41, 5.74) is 1.52. The summed E-state index contributed by atoms with van der Waals surface area (Å²) in [5, 5.41) is 7.17. The Morgan fingerprint density at radius 1 is 1.11 bits per heavy atom. The van der Waals surface area contributed by atoms with Crippen molar-refractivity contribution in [2.75, 3.05) is 19.5 Å². The second-order valence-corrected chi connectivity index (χ2v) is 5.93. The summed E-state index contributed by atoms with van der Waals surface area (Å²) in [5.74, 6) is 1.14. The van der Waals surface area contributed by atoms with Crippen molar-refractivity contribution >= 4 is 5.95 Å². The van der Waals surface area contributed by atoms with Crippen molar-refractivity contribution in [2.45, 2.75) is 26.4 Å². The van der Waals surface area contributed by atoms with Gasteiger partial charge in [0.15, 0.2) is 11.5 Å². The van der Waals surface area contributed by atoms with Gasteiger partial charge in [-0.2, -0.15) is 5.10 Å². The van der Waals surface area contributed by atoms with Gasteiger partial charge in [-0.25, -0.2) is 18.7 Å². The van der Waals surface area contributed by atoms with Crippen LogP contribution in [0.25, 0.3) is 11.3 Å². The van der Waals surface area contributed by atoms with E-state index in [2.05, 4.69) is 20.4 Å². The zero-order valence-corrected chi connectivity index (χ0v) is 15.8. The lowest BCUT2D eigenvalue weighted by Crippen LogP contribution is -2.06. The van der Waals surface area contributed by atoms with Gasteiger partial charge in [-0.15, -0.1) is 0 Å². The van der Waals surface area contributed by atoms with Crippen LogP contribution in [-0.4, -0.2) is 34.0 Å². The number of benzene rings is 1. The molecule has 0 saturated carbocycles. The third kappa shape index (κ3) is 4.36. The van der Waals surface area contributed by atoms with E-state index in [-0.39, 0.29) is 11.6 Å². The summed E-state index contributed by atoms with van der Waals surface area (Å²) >= 11 is 0. The number of nitrogens with zero attached hydrogens (tertiary/aromatic N) is 4. The molecule has 0 amide bonds. The molecule has 0 aliphatic rings. The van der Waals surface area contributed by atoms with E-state index in [1.54, 1.807) is 29.1 Å². The maximum atomic E-state index is 13.3. The molecule has 0 aliphatic heterocycles. The van der Waals surface area contributed by atoms with E-state index >= 15 is 0 Å². The predicted octanol–water partition coefficient (Wildman–Crippen LogP) is 3.93. The number of methoxy groups -OCH3 is 2. The summed E-state index contributed by atoms with van der Waals surface area (Å²) in [6.07, 6.45) is 0.868. The molecular formula is C19H21F2N5O2. The average Bonchev–Trinajstić information content (AvgIpc) is 3.19. The highest BCUT2D eigenvalue weighted by Gasteiger charge is 2.15. The number of rotatable bonds is 8. The number of alkyl halides is 2. The minimum atomic E-state index is -2.72. The number of nitrogens with one attached hydrogen (secondary N) is 1. The Hall–Kier alpha value is -3.23. The number of hydrogen-bond acceptors (Lipinski definition) is 6. The van der Waals surface area contributed by atoms with Crippen molar-refractivity contribution in [3.63, 3.8) is 0 Å². The normalized spacial score (nSPS) is 10.9. The van der Waals surface area contributed by atoms with Crippen LogP contribution in [0.5, 0.6) is 11.5 Å². The van der Waals surface area contributed by atoms with Crippen molar-refractivity contribution in [3.8, 4) is 22.8 Å². The third-order valence-electron chi connectivity index (χ3n) is 4.11. The lowest BCUT2D eigenvalue weighted by Gasteiger charge is -2.12. The first-order valence-corrected chi connectivity index (χ1v) is 8.68. The highest BCUT2D eigenvalue weighted by Crippen LogP contribution is 2.33. The molecule has 0 bridgehead atoms. The first kappa shape index (κ1) is 19.5. The van der Waals surface area contributed by atoms with Crippen LogP contribution in [-0.2, 0) is 13.1 Å². The van der Waals surface area contributed by atoms with E-state index in [9.17, 15) is 8.78 Å². The Labute approximate surface area is 161 Å². The molecule has 2 heterocycles.